The van der Waals surface area contributed by atoms with E-state index in [1.807, 2.05) is 35.2 Å². The second-order valence-electron chi connectivity index (χ2n) is 8.54. The molecule has 1 saturated heterocycles. The number of ether oxygens (including phenoxy) is 1. The summed E-state index contributed by atoms with van der Waals surface area (Å²) in [6.45, 7) is 5.38. The average molecular weight is 449 g/mol. The smallest absolute Gasteiger partial charge is 0.167 e. The van der Waals surface area contributed by atoms with Gasteiger partial charge in [-0.25, -0.2) is 4.21 Å². The number of halogens is 1. The SMILES string of the molecule is C[C@@H]1CN(CS(=O)O)[C@@H](c2ccc(OCCN3CC(CF)C3)cc2)c2ccc(O)cc21. The summed E-state index contributed by atoms with van der Waals surface area (Å²) in [4.78, 5) is 4.20. The first-order valence-electron chi connectivity index (χ1n) is 10.6. The van der Waals surface area contributed by atoms with E-state index in [4.69, 9.17) is 4.74 Å². The van der Waals surface area contributed by atoms with Crippen LogP contribution in [0.25, 0.3) is 0 Å². The molecule has 1 unspecified atom stereocenters. The van der Waals surface area contributed by atoms with Gasteiger partial charge in [-0.1, -0.05) is 25.1 Å². The van der Waals surface area contributed by atoms with Crippen molar-refractivity contribution in [2.75, 3.05) is 45.3 Å². The number of nitrogens with zero attached hydrogens (tertiary/aromatic N) is 2. The third-order valence-corrected chi connectivity index (χ3v) is 6.72. The van der Waals surface area contributed by atoms with Crippen LogP contribution in [0.2, 0.25) is 0 Å². The summed E-state index contributed by atoms with van der Waals surface area (Å²) in [6, 6.07) is 13.0. The van der Waals surface area contributed by atoms with Crippen molar-refractivity contribution in [3.8, 4) is 11.5 Å². The zero-order valence-corrected chi connectivity index (χ0v) is 18.4. The van der Waals surface area contributed by atoms with Gasteiger partial charge in [-0.3, -0.25) is 14.2 Å². The van der Waals surface area contributed by atoms with E-state index in [1.165, 1.54) is 0 Å². The molecule has 6 nitrogen and oxygen atoms in total. The van der Waals surface area contributed by atoms with Gasteiger partial charge in [0.2, 0.25) is 0 Å². The molecule has 3 atom stereocenters. The topological polar surface area (TPSA) is 73.2 Å². The number of aromatic hydroxyl groups is 1. The number of hydrogen-bond donors (Lipinski definition) is 2. The van der Waals surface area contributed by atoms with Gasteiger partial charge >= 0.3 is 0 Å². The van der Waals surface area contributed by atoms with E-state index in [1.54, 1.807) is 12.1 Å². The summed E-state index contributed by atoms with van der Waals surface area (Å²) in [6.07, 6.45) is 0. The maximum absolute atomic E-state index is 12.5. The lowest BCUT2D eigenvalue weighted by atomic mass is 9.83. The summed E-state index contributed by atoms with van der Waals surface area (Å²) in [7, 11) is 0. The Kier molecular flexibility index (Phi) is 6.91. The van der Waals surface area contributed by atoms with Crippen molar-refractivity contribution in [1.29, 1.82) is 0 Å². The summed E-state index contributed by atoms with van der Waals surface area (Å²) >= 11 is -1.94. The van der Waals surface area contributed by atoms with Gasteiger partial charge in [0.1, 0.15) is 24.0 Å². The van der Waals surface area contributed by atoms with E-state index < -0.39 is 11.1 Å². The molecule has 0 amide bonds. The van der Waals surface area contributed by atoms with Gasteiger partial charge in [0.05, 0.1) is 12.7 Å². The predicted octanol–water partition coefficient (Wildman–Crippen LogP) is 3.36. The van der Waals surface area contributed by atoms with Gasteiger partial charge in [0.15, 0.2) is 11.1 Å². The molecule has 4 rings (SSSR count). The number of hydrogen-bond acceptors (Lipinski definition) is 5. The highest BCUT2D eigenvalue weighted by molar-refractivity contribution is 7.79. The van der Waals surface area contributed by atoms with Gasteiger partial charge in [-0.2, -0.15) is 0 Å². The molecule has 8 heteroatoms. The van der Waals surface area contributed by atoms with Crippen LogP contribution in [0, 0.1) is 5.92 Å². The molecule has 2 N–H and O–H groups in total. The Morgan fingerprint density at radius 1 is 1.13 bits per heavy atom. The molecule has 1 fully saturated rings. The summed E-state index contributed by atoms with van der Waals surface area (Å²) in [5, 5.41) is 9.94. The van der Waals surface area contributed by atoms with E-state index in [-0.39, 0.29) is 36.2 Å². The van der Waals surface area contributed by atoms with Crippen LogP contribution < -0.4 is 4.74 Å². The standard InChI is InChI=1S/C23H29FN2O4S/c1-16-12-26(15-31(28)29)23(21-7-4-19(27)10-22(16)21)18-2-5-20(6-3-18)30-9-8-25-13-17(11-24)14-25/h2-7,10,16-17,23,27H,8-9,11-15H2,1H3,(H,28,29)/t16-,23+/m1/s1. The van der Waals surface area contributed by atoms with E-state index in [9.17, 15) is 18.3 Å². The highest BCUT2D eigenvalue weighted by Gasteiger charge is 2.33. The maximum Gasteiger partial charge on any atom is 0.167 e. The number of fused-ring (bicyclic) bond motifs is 1. The van der Waals surface area contributed by atoms with Crippen molar-refractivity contribution in [2.24, 2.45) is 5.92 Å². The molecule has 0 saturated carbocycles. The number of phenols is 1. The van der Waals surface area contributed by atoms with E-state index in [0.29, 0.717) is 13.2 Å². The second kappa shape index (κ2) is 9.65. The van der Waals surface area contributed by atoms with Crippen LogP contribution in [-0.2, 0) is 11.1 Å². The molecule has 31 heavy (non-hydrogen) atoms. The average Bonchev–Trinajstić information content (AvgIpc) is 2.70. The Balaban J connectivity index is 1.48. The molecule has 2 aromatic carbocycles. The van der Waals surface area contributed by atoms with Crippen molar-refractivity contribution in [3.63, 3.8) is 0 Å². The molecule has 2 heterocycles. The Morgan fingerprint density at radius 3 is 2.55 bits per heavy atom. The fraction of sp³-hybridized carbons (Fsp3) is 0.478. The van der Waals surface area contributed by atoms with E-state index >= 15 is 0 Å². The van der Waals surface area contributed by atoms with Crippen molar-refractivity contribution < 1.29 is 23.0 Å². The molecule has 168 valence electrons. The molecular weight excluding hydrogens is 419 g/mol. The number of rotatable bonds is 8. The molecule has 0 radical (unpaired) electrons. The second-order valence-corrected chi connectivity index (χ2v) is 9.44. The van der Waals surface area contributed by atoms with Crippen LogP contribution in [-0.4, -0.2) is 69.0 Å². The van der Waals surface area contributed by atoms with Crippen molar-refractivity contribution in [1.82, 2.24) is 9.80 Å². The van der Waals surface area contributed by atoms with E-state index in [0.717, 1.165) is 42.1 Å². The van der Waals surface area contributed by atoms with Crippen LogP contribution in [0.3, 0.4) is 0 Å². The highest BCUT2D eigenvalue weighted by atomic mass is 32.2. The highest BCUT2D eigenvalue weighted by Crippen LogP contribution is 2.41. The monoisotopic (exact) mass is 448 g/mol. The molecular formula is C23H29FN2O4S. The number of benzene rings is 2. The lowest BCUT2D eigenvalue weighted by Gasteiger charge is -2.40. The fourth-order valence-corrected chi connectivity index (χ4v) is 5.18. The molecule has 0 spiro atoms. The molecule has 2 aliphatic rings. The largest absolute Gasteiger partial charge is 0.508 e. The lowest BCUT2D eigenvalue weighted by molar-refractivity contribution is 0.0668. The normalized spacial score (nSPS) is 23.2. The van der Waals surface area contributed by atoms with Gasteiger partial charge in [0.25, 0.3) is 0 Å². The lowest BCUT2D eigenvalue weighted by Crippen LogP contribution is -2.49. The summed E-state index contributed by atoms with van der Waals surface area (Å²) in [5.41, 5.74) is 3.10. The zero-order valence-electron chi connectivity index (χ0n) is 17.6. The minimum atomic E-state index is -1.94. The first-order chi connectivity index (χ1) is 14.9. The number of phenolic OH excluding ortho intramolecular Hbond substituents is 1. The fourth-order valence-electron chi connectivity index (χ4n) is 4.65. The number of likely N-dealkylation sites (tertiary alicyclic amines) is 1. The third kappa shape index (κ3) is 5.09. The maximum atomic E-state index is 12.5. The van der Waals surface area contributed by atoms with Crippen LogP contribution in [0.15, 0.2) is 42.5 Å². The quantitative estimate of drug-likeness (QED) is 0.604. The minimum absolute atomic E-state index is 0.0588. The molecule has 0 aromatic heterocycles. The number of alkyl halides is 1. The van der Waals surface area contributed by atoms with Gasteiger partial charge in [0, 0.05) is 32.1 Å². The van der Waals surface area contributed by atoms with Gasteiger partial charge in [-0.05, 0) is 46.9 Å². The molecule has 2 aromatic rings. The zero-order chi connectivity index (χ0) is 22.0. The molecule has 0 aliphatic carbocycles. The third-order valence-electron chi connectivity index (χ3n) is 6.17. The van der Waals surface area contributed by atoms with E-state index in [2.05, 4.69) is 11.8 Å². The summed E-state index contributed by atoms with van der Waals surface area (Å²) in [5.74, 6) is 1.37. The Hall–Kier alpha value is -2.00. The Labute approximate surface area is 184 Å². The van der Waals surface area contributed by atoms with Gasteiger partial charge in [-0.15, -0.1) is 0 Å². The van der Waals surface area contributed by atoms with Crippen LogP contribution in [0.1, 0.15) is 35.6 Å². The van der Waals surface area contributed by atoms with Crippen molar-refractivity contribution in [2.45, 2.75) is 18.9 Å². The molecule has 2 aliphatic heterocycles. The predicted molar refractivity (Wildman–Crippen MR) is 119 cm³/mol. The first-order valence-corrected chi connectivity index (χ1v) is 11.9. The van der Waals surface area contributed by atoms with Gasteiger partial charge < -0.3 is 14.4 Å². The molecule has 0 bridgehead atoms. The Bertz CT molecular complexity index is 920. The van der Waals surface area contributed by atoms with Crippen LogP contribution in [0.5, 0.6) is 11.5 Å². The van der Waals surface area contributed by atoms with Crippen molar-refractivity contribution in [3.05, 3.63) is 59.2 Å². The minimum Gasteiger partial charge on any atom is -0.508 e. The first kappa shape index (κ1) is 22.2. The van der Waals surface area contributed by atoms with Crippen LogP contribution >= 0.6 is 0 Å². The van der Waals surface area contributed by atoms with Crippen LogP contribution in [0.4, 0.5) is 4.39 Å². The summed E-state index contributed by atoms with van der Waals surface area (Å²) < 4.78 is 39.5. The van der Waals surface area contributed by atoms with Crippen molar-refractivity contribution >= 4 is 11.1 Å². The Morgan fingerprint density at radius 2 is 1.87 bits per heavy atom.